The molecule has 10 nitrogen and oxygen atoms in total. The van der Waals surface area contributed by atoms with Gasteiger partial charge < -0.3 is 33.3 Å². The summed E-state index contributed by atoms with van der Waals surface area (Å²) in [6, 6.07) is 14.4. The number of fused-ring (bicyclic) bond motifs is 1. The highest BCUT2D eigenvalue weighted by atomic mass is 16.8. The first-order chi connectivity index (χ1) is 17.5. The Morgan fingerprint density at radius 3 is 2.00 bits per heavy atom. The Balaban J connectivity index is 1.23. The average Bonchev–Trinajstić information content (AvgIpc) is 3.48. The van der Waals surface area contributed by atoms with Gasteiger partial charge >= 0.3 is 5.97 Å². The zero-order valence-corrected chi connectivity index (χ0v) is 21.9. The van der Waals surface area contributed by atoms with Crippen LogP contribution in [0.1, 0.15) is 38.1 Å². The summed E-state index contributed by atoms with van der Waals surface area (Å²) in [5, 5.41) is 8.51. The van der Waals surface area contributed by atoms with Crippen LogP contribution in [0.4, 0.5) is 17.1 Å². The number of carbonyl (C=O) groups excluding carboxylic acids is 1. The zero-order chi connectivity index (χ0) is 26.4. The predicted molar refractivity (Wildman–Crippen MR) is 134 cm³/mol. The SMILES string of the molecule is CN(C)c1ccc(N=Nc2ccc(C(=O)O[C@H]3O[C@H]([C@H]4COC(C)(C)O4)[C@@H]4OC(C)(C)O[C@H]34)cc2)cc1. The third kappa shape index (κ3) is 5.68. The second-order valence-corrected chi connectivity index (χ2v) is 10.5. The van der Waals surface area contributed by atoms with Crippen molar-refractivity contribution in [2.24, 2.45) is 10.2 Å². The first-order valence-electron chi connectivity index (χ1n) is 12.3. The van der Waals surface area contributed by atoms with Gasteiger partial charge in [-0.1, -0.05) is 0 Å². The molecule has 2 aromatic carbocycles. The van der Waals surface area contributed by atoms with Crippen LogP contribution in [0.3, 0.4) is 0 Å². The van der Waals surface area contributed by atoms with Gasteiger partial charge in [0, 0.05) is 19.8 Å². The number of anilines is 1. The molecule has 198 valence electrons. The number of hydrogen-bond donors (Lipinski definition) is 0. The number of benzene rings is 2. The second kappa shape index (κ2) is 9.77. The van der Waals surface area contributed by atoms with Crippen LogP contribution in [0.2, 0.25) is 0 Å². The monoisotopic (exact) mass is 511 g/mol. The van der Waals surface area contributed by atoms with E-state index in [0.29, 0.717) is 17.9 Å². The van der Waals surface area contributed by atoms with E-state index in [1.165, 1.54) is 0 Å². The molecule has 0 aromatic heterocycles. The van der Waals surface area contributed by atoms with Gasteiger partial charge in [-0.15, -0.1) is 0 Å². The normalized spacial score (nSPS) is 29.9. The summed E-state index contributed by atoms with van der Waals surface area (Å²) in [5.74, 6) is -2.09. The van der Waals surface area contributed by atoms with Gasteiger partial charge in [-0.3, -0.25) is 0 Å². The van der Waals surface area contributed by atoms with Crippen molar-refractivity contribution >= 4 is 23.0 Å². The maximum atomic E-state index is 12.9. The summed E-state index contributed by atoms with van der Waals surface area (Å²) >= 11 is 0. The number of nitrogens with zero attached hydrogens (tertiary/aromatic N) is 3. The molecule has 3 saturated heterocycles. The highest BCUT2D eigenvalue weighted by molar-refractivity contribution is 5.89. The Hall–Kier alpha value is -2.89. The lowest BCUT2D eigenvalue weighted by atomic mass is 10.1. The summed E-state index contributed by atoms with van der Waals surface area (Å²) in [6.45, 7) is 7.68. The van der Waals surface area contributed by atoms with E-state index in [2.05, 4.69) is 10.2 Å². The fourth-order valence-corrected chi connectivity index (χ4v) is 4.63. The Labute approximate surface area is 216 Å². The topological polar surface area (TPSA) is 100 Å². The van der Waals surface area contributed by atoms with Gasteiger partial charge in [0.1, 0.15) is 18.3 Å². The van der Waals surface area contributed by atoms with Crippen LogP contribution in [0.15, 0.2) is 58.8 Å². The molecule has 5 rings (SSSR count). The maximum Gasteiger partial charge on any atom is 0.340 e. The van der Waals surface area contributed by atoms with E-state index >= 15 is 0 Å². The van der Waals surface area contributed by atoms with Crippen LogP contribution in [0.25, 0.3) is 0 Å². The molecule has 3 aliphatic rings. The van der Waals surface area contributed by atoms with E-state index in [1.54, 1.807) is 24.3 Å². The molecule has 37 heavy (non-hydrogen) atoms. The molecule has 3 heterocycles. The molecule has 0 bridgehead atoms. The van der Waals surface area contributed by atoms with Crippen molar-refractivity contribution in [2.45, 2.75) is 70.0 Å². The van der Waals surface area contributed by atoms with Crippen molar-refractivity contribution < 1.29 is 33.2 Å². The summed E-state index contributed by atoms with van der Waals surface area (Å²) < 4.78 is 35.6. The van der Waals surface area contributed by atoms with Crippen LogP contribution >= 0.6 is 0 Å². The minimum Gasteiger partial charge on any atom is -0.429 e. The van der Waals surface area contributed by atoms with Crippen molar-refractivity contribution in [3.63, 3.8) is 0 Å². The molecule has 3 aliphatic heterocycles. The molecule has 5 atom stereocenters. The first kappa shape index (κ1) is 25.7. The number of hydrogen-bond acceptors (Lipinski definition) is 10. The molecular formula is C27H33N3O7. The lowest BCUT2D eigenvalue weighted by molar-refractivity contribution is -0.235. The molecule has 2 aromatic rings. The summed E-state index contributed by atoms with van der Waals surface area (Å²) in [4.78, 5) is 15.0. The average molecular weight is 512 g/mol. The van der Waals surface area contributed by atoms with Gasteiger partial charge in [-0.05, 0) is 76.2 Å². The second-order valence-electron chi connectivity index (χ2n) is 10.5. The molecule has 3 fully saturated rings. The van der Waals surface area contributed by atoms with Crippen molar-refractivity contribution in [3.8, 4) is 0 Å². The Morgan fingerprint density at radius 2 is 1.43 bits per heavy atom. The smallest absolute Gasteiger partial charge is 0.340 e. The summed E-state index contributed by atoms with van der Waals surface area (Å²) in [6.07, 6.45) is -2.84. The molecule has 0 aliphatic carbocycles. The Morgan fingerprint density at radius 1 is 0.838 bits per heavy atom. The number of esters is 1. The minimum absolute atomic E-state index is 0.348. The van der Waals surface area contributed by atoms with E-state index in [0.717, 1.165) is 11.4 Å². The third-order valence-corrected chi connectivity index (χ3v) is 6.42. The highest BCUT2D eigenvalue weighted by Crippen LogP contribution is 2.42. The van der Waals surface area contributed by atoms with Crippen LogP contribution in [0, 0.1) is 0 Å². The van der Waals surface area contributed by atoms with E-state index < -0.39 is 42.1 Å². The Bertz CT molecular complexity index is 1150. The van der Waals surface area contributed by atoms with E-state index in [1.807, 2.05) is 71.0 Å². The standard InChI is InChI=1S/C27H33N3O7/c1-26(2)32-15-20(35-26)21-22-23(37-27(3,4)36-22)25(33-21)34-24(31)16-7-9-17(10-8-16)28-29-18-11-13-19(14-12-18)30(5)6/h7-14,20-23,25H,15H2,1-6H3/t20-,21-,22+,23+,25-/m1/s1. The maximum absolute atomic E-state index is 12.9. The minimum atomic E-state index is -0.943. The quantitative estimate of drug-likeness (QED) is 0.406. The van der Waals surface area contributed by atoms with Gasteiger partial charge in [0.15, 0.2) is 17.7 Å². The highest BCUT2D eigenvalue weighted by Gasteiger charge is 2.60. The van der Waals surface area contributed by atoms with Gasteiger partial charge in [0.2, 0.25) is 6.29 Å². The lowest BCUT2D eigenvalue weighted by Gasteiger charge is -2.26. The first-order valence-corrected chi connectivity index (χ1v) is 12.3. The number of rotatable bonds is 6. The van der Waals surface area contributed by atoms with Gasteiger partial charge in [-0.2, -0.15) is 10.2 Å². The van der Waals surface area contributed by atoms with Crippen LogP contribution in [-0.4, -0.2) is 69.0 Å². The fraction of sp³-hybridized carbons (Fsp3) is 0.519. The lowest BCUT2D eigenvalue weighted by Crippen LogP contribution is -2.40. The molecule has 0 spiro atoms. The largest absolute Gasteiger partial charge is 0.429 e. The molecule has 0 N–H and O–H groups in total. The van der Waals surface area contributed by atoms with E-state index in [9.17, 15) is 4.79 Å². The zero-order valence-electron chi connectivity index (χ0n) is 21.9. The number of ether oxygens (including phenoxy) is 6. The number of azo groups is 1. The fourth-order valence-electron chi connectivity index (χ4n) is 4.63. The summed E-state index contributed by atoms with van der Waals surface area (Å²) in [7, 11) is 3.96. The van der Waals surface area contributed by atoms with E-state index in [4.69, 9.17) is 28.4 Å². The van der Waals surface area contributed by atoms with E-state index in [-0.39, 0.29) is 6.10 Å². The number of carbonyl (C=O) groups is 1. The molecule has 0 amide bonds. The van der Waals surface area contributed by atoms with Crippen LogP contribution < -0.4 is 4.90 Å². The van der Waals surface area contributed by atoms with Crippen molar-refractivity contribution in [1.29, 1.82) is 0 Å². The van der Waals surface area contributed by atoms with Crippen molar-refractivity contribution in [2.75, 3.05) is 25.6 Å². The third-order valence-electron chi connectivity index (χ3n) is 6.42. The molecule has 0 saturated carbocycles. The molecule has 0 radical (unpaired) electrons. The van der Waals surface area contributed by atoms with Gasteiger partial charge in [0.05, 0.1) is 23.5 Å². The van der Waals surface area contributed by atoms with Crippen molar-refractivity contribution in [3.05, 3.63) is 54.1 Å². The molecular weight excluding hydrogens is 478 g/mol. The van der Waals surface area contributed by atoms with Gasteiger partial charge in [0.25, 0.3) is 0 Å². The molecule has 0 unspecified atom stereocenters. The van der Waals surface area contributed by atoms with Crippen LogP contribution in [0.5, 0.6) is 0 Å². The predicted octanol–water partition coefficient (Wildman–Crippen LogP) is 4.72. The van der Waals surface area contributed by atoms with Gasteiger partial charge in [-0.25, -0.2) is 4.79 Å². The van der Waals surface area contributed by atoms with Crippen molar-refractivity contribution in [1.82, 2.24) is 0 Å². The Kier molecular flexibility index (Phi) is 6.80. The summed E-state index contributed by atoms with van der Waals surface area (Å²) in [5.41, 5.74) is 2.79. The van der Waals surface area contributed by atoms with Crippen LogP contribution in [-0.2, 0) is 28.4 Å². The molecule has 10 heteroatoms.